The van der Waals surface area contributed by atoms with Gasteiger partial charge in [-0.15, -0.1) is 0 Å². The molecule has 4 heterocycles. The van der Waals surface area contributed by atoms with Gasteiger partial charge in [0.25, 0.3) is 0 Å². The predicted molar refractivity (Wildman–Crippen MR) is 142 cm³/mol. The van der Waals surface area contributed by atoms with Crippen molar-refractivity contribution >= 4 is 33.8 Å². The molecule has 3 aliphatic heterocycles. The largest absolute Gasteiger partial charge is 0.340 e. The van der Waals surface area contributed by atoms with Crippen molar-refractivity contribution in [3.05, 3.63) is 40.0 Å². The number of fused-ring (bicyclic) bond motifs is 1. The van der Waals surface area contributed by atoms with E-state index in [-0.39, 0.29) is 6.54 Å². The maximum atomic E-state index is 12.3. The minimum Gasteiger partial charge on any atom is -0.340 e. The quantitative estimate of drug-likeness (QED) is 0.472. The zero-order chi connectivity index (χ0) is 26.2. The first-order valence-corrected chi connectivity index (χ1v) is 15.3. The van der Waals surface area contributed by atoms with E-state index < -0.39 is 10.0 Å². The van der Waals surface area contributed by atoms with Crippen LogP contribution in [-0.2, 0) is 34.3 Å². The average Bonchev–Trinajstić information content (AvgIpc) is 3.47. The molecule has 1 aromatic carbocycles. The number of aryl methyl sites for hydroxylation is 1. The summed E-state index contributed by atoms with van der Waals surface area (Å²) in [6, 6.07) is 5.62. The molecule has 0 saturated carbocycles. The number of aldehydes is 1. The summed E-state index contributed by atoms with van der Waals surface area (Å²) in [7, 11) is -3.34. The SMILES string of the molecule is CS(=O)(=O)N1CCc2c(c(-c3ccc(Cl)c(C=O)c3)nn2CCCN2CCC(N3CCCC3=O)CC2)C1. The Balaban J connectivity index is 1.28. The fraction of sp³-hybridized carbons (Fsp3) is 0.577. The Hall–Kier alpha value is -2.27. The third-order valence-electron chi connectivity index (χ3n) is 7.92. The molecule has 0 radical (unpaired) electrons. The standard InChI is InChI=1S/C26H34ClN5O4S/c1-37(35,36)30-15-9-24-22(17-30)26(19-5-6-23(27)20(16-19)18-33)28-32(24)12-3-10-29-13-7-21(8-14-29)31-11-2-4-25(31)34/h5-6,16,18,21H,2-4,7-15,17H2,1H3. The van der Waals surface area contributed by atoms with Crippen LogP contribution >= 0.6 is 11.6 Å². The van der Waals surface area contributed by atoms with Crippen LogP contribution in [0.4, 0.5) is 0 Å². The molecule has 2 fully saturated rings. The lowest BCUT2D eigenvalue weighted by molar-refractivity contribution is -0.130. The second kappa shape index (κ2) is 10.8. The van der Waals surface area contributed by atoms with E-state index in [0.29, 0.717) is 47.6 Å². The summed E-state index contributed by atoms with van der Waals surface area (Å²) in [5.74, 6) is 0.313. The molecule has 5 rings (SSSR count). The van der Waals surface area contributed by atoms with Gasteiger partial charge in [0, 0.05) is 80.5 Å². The van der Waals surface area contributed by atoms with Gasteiger partial charge >= 0.3 is 0 Å². The van der Waals surface area contributed by atoms with Gasteiger partial charge in [-0.3, -0.25) is 14.3 Å². The highest BCUT2D eigenvalue weighted by Crippen LogP contribution is 2.33. The van der Waals surface area contributed by atoms with Crippen molar-refractivity contribution in [2.45, 2.75) is 57.7 Å². The van der Waals surface area contributed by atoms with Gasteiger partial charge in [-0.1, -0.05) is 17.7 Å². The van der Waals surface area contributed by atoms with Gasteiger partial charge in [-0.2, -0.15) is 9.40 Å². The molecule has 37 heavy (non-hydrogen) atoms. The highest BCUT2D eigenvalue weighted by atomic mass is 35.5. The number of amides is 1. The van der Waals surface area contributed by atoms with Crippen LogP contribution in [0.5, 0.6) is 0 Å². The lowest BCUT2D eigenvalue weighted by Crippen LogP contribution is -2.45. The van der Waals surface area contributed by atoms with Crippen molar-refractivity contribution in [3.8, 4) is 11.3 Å². The number of rotatable bonds is 8. The molecule has 1 aromatic heterocycles. The lowest BCUT2D eigenvalue weighted by Gasteiger charge is -2.36. The number of hydrogen-bond donors (Lipinski definition) is 0. The Labute approximate surface area is 223 Å². The summed E-state index contributed by atoms with van der Waals surface area (Å²) in [5.41, 5.74) is 3.81. The Kier molecular flexibility index (Phi) is 7.72. The topological polar surface area (TPSA) is 95.8 Å². The Morgan fingerprint density at radius 3 is 2.57 bits per heavy atom. The van der Waals surface area contributed by atoms with Crippen LogP contribution < -0.4 is 0 Å². The summed E-state index contributed by atoms with van der Waals surface area (Å²) < 4.78 is 28.1. The number of carbonyl (C=O) groups excluding carboxylic acids is 2. The van der Waals surface area contributed by atoms with Crippen molar-refractivity contribution in [2.75, 3.05) is 39.0 Å². The van der Waals surface area contributed by atoms with Gasteiger partial charge in [0.15, 0.2) is 6.29 Å². The van der Waals surface area contributed by atoms with Gasteiger partial charge in [0.05, 0.1) is 17.0 Å². The molecule has 0 spiro atoms. The third-order valence-corrected chi connectivity index (χ3v) is 9.51. The van der Waals surface area contributed by atoms with Crippen molar-refractivity contribution in [3.63, 3.8) is 0 Å². The summed E-state index contributed by atoms with van der Waals surface area (Å²) in [6.07, 6.45) is 7.23. The van der Waals surface area contributed by atoms with Crippen molar-refractivity contribution in [1.29, 1.82) is 0 Å². The molecule has 9 nitrogen and oxygen atoms in total. The predicted octanol–water partition coefficient (Wildman–Crippen LogP) is 2.81. The number of piperidine rings is 1. The molecule has 0 aliphatic carbocycles. The molecule has 2 saturated heterocycles. The molecular weight excluding hydrogens is 514 g/mol. The van der Waals surface area contributed by atoms with Crippen LogP contribution in [-0.4, -0.2) is 89.5 Å². The minimum absolute atomic E-state index is 0.269. The average molecular weight is 548 g/mol. The van der Waals surface area contributed by atoms with Crippen molar-refractivity contribution in [1.82, 2.24) is 23.9 Å². The summed E-state index contributed by atoms with van der Waals surface area (Å²) >= 11 is 6.14. The second-order valence-corrected chi connectivity index (χ2v) is 12.7. The van der Waals surface area contributed by atoms with E-state index in [1.165, 1.54) is 10.6 Å². The van der Waals surface area contributed by atoms with Crippen LogP contribution in [0.1, 0.15) is 53.7 Å². The van der Waals surface area contributed by atoms with E-state index >= 15 is 0 Å². The van der Waals surface area contributed by atoms with Crippen LogP contribution in [0.15, 0.2) is 18.2 Å². The zero-order valence-corrected chi connectivity index (χ0v) is 22.8. The number of benzene rings is 1. The Bertz CT molecular complexity index is 1290. The number of carbonyl (C=O) groups is 2. The van der Waals surface area contributed by atoms with Gasteiger partial charge in [0.2, 0.25) is 15.9 Å². The zero-order valence-electron chi connectivity index (χ0n) is 21.2. The minimum atomic E-state index is -3.34. The van der Waals surface area contributed by atoms with E-state index in [9.17, 15) is 18.0 Å². The molecular formula is C26H34ClN5O4S. The monoisotopic (exact) mass is 547 g/mol. The molecule has 11 heteroatoms. The number of nitrogens with zero attached hydrogens (tertiary/aromatic N) is 5. The molecule has 0 N–H and O–H groups in total. The van der Waals surface area contributed by atoms with E-state index in [4.69, 9.17) is 16.7 Å². The molecule has 0 unspecified atom stereocenters. The van der Waals surface area contributed by atoms with E-state index in [1.807, 2.05) is 10.7 Å². The van der Waals surface area contributed by atoms with Crippen molar-refractivity contribution < 1.29 is 18.0 Å². The fourth-order valence-corrected chi connectivity index (χ4v) is 6.85. The van der Waals surface area contributed by atoms with Gasteiger partial charge in [-0.05, 0) is 44.4 Å². The first kappa shape index (κ1) is 26.3. The molecule has 0 atom stereocenters. The Morgan fingerprint density at radius 2 is 1.89 bits per heavy atom. The maximum Gasteiger partial charge on any atom is 0.222 e. The normalized spacial score (nSPS) is 19.9. The number of hydrogen-bond acceptors (Lipinski definition) is 6. The number of aromatic nitrogens is 2. The number of halogens is 1. The number of likely N-dealkylation sites (tertiary alicyclic amines) is 2. The smallest absolute Gasteiger partial charge is 0.222 e. The maximum absolute atomic E-state index is 12.3. The van der Waals surface area contributed by atoms with Crippen LogP contribution in [0.25, 0.3) is 11.3 Å². The van der Waals surface area contributed by atoms with Crippen LogP contribution in [0.3, 0.4) is 0 Å². The molecule has 0 bridgehead atoms. The summed E-state index contributed by atoms with van der Waals surface area (Å²) in [6.45, 7) is 5.30. The highest BCUT2D eigenvalue weighted by Gasteiger charge is 2.32. The molecule has 1 amide bonds. The fourth-order valence-electron chi connectivity index (χ4n) is 5.90. The molecule has 200 valence electrons. The van der Waals surface area contributed by atoms with Crippen LogP contribution in [0.2, 0.25) is 5.02 Å². The Morgan fingerprint density at radius 1 is 1.11 bits per heavy atom. The van der Waals surface area contributed by atoms with Gasteiger partial charge in [0.1, 0.15) is 0 Å². The molecule has 3 aliphatic rings. The molecule has 2 aromatic rings. The van der Waals surface area contributed by atoms with E-state index in [1.54, 1.807) is 12.1 Å². The van der Waals surface area contributed by atoms with E-state index in [0.717, 1.165) is 81.5 Å². The third kappa shape index (κ3) is 5.62. The van der Waals surface area contributed by atoms with Gasteiger partial charge in [-0.25, -0.2) is 8.42 Å². The second-order valence-electron chi connectivity index (χ2n) is 10.3. The summed E-state index contributed by atoms with van der Waals surface area (Å²) in [5, 5.41) is 5.29. The van der Waals surface area contributed by atoms with E-state index in [2.05, 4.69) is 9.80 Å². The van der Waals surface area contributed by atoms with Crippen molar-refractivity contribution in [2.24, 2.45) is 0 Å². The number of sulfonamides is 1. The lowest BCUT2D eigenvalue weighted by atomic mass is 10.0. The van der Waals surface area contributed by atoms with Gasteiger partial charge < -0.3 is 9.80 Å². The summed E-state index contributed by atoms with van der Waals surface area (Å²) in [4.78, 5) is 28.1. The first-order chi connectivity index (χ1) is 17.7. The highest BCUT2D eigenvalue weighted by molar-refractivity contribution is 7.88. The first-order valence-electron chi connectivity index (χ1n) is 13.0. The van der Waals surface area contributed by atoms with Crippen LogP contribution in [0, 0.1) is 0 Å².